The van der Waals surface area contributed by atoms with E-state index < -0.39 is 0 Å². The highest BCUT2D eigenvalue weighted by molar-refractivity contribution is 5.80. The molecule has 0 radical (unpaired) electrons. The van der Waals surface area contributed by atoms with E-state index in [0.29, 0.717) is 0 Å². The third-order valence-electron chi connectivity index (χ3n) is 2.50. The van der Waals surface area contributed by atoms with Gasteiger partial charge in [0.2, 0.25) is 5.91 Å². The maximum Gasteiger partial charge on any atom is 0.236 e. The van der Waals surface area contributed by atoms with Gasteiger partial charge in [-0.3, -0.25) is 4.79 Å². The van der Waals surface area contributed by atoms with Crippen LogP contribution in [0.25, 0.3) is 0 Å². The maximum atomic E-state index is 11.2. The molecule has 1 rings (SSSR count). The van der Waals surface area contributed by atoms with Gasteiger partial charge in [-0.15, -0.1) is 0 Å². The highest BCUT2D eigenvalue weighted by Gasteiger charge is 2.09. The van der Waals surface area contributed by atoms with E-state index in [0.717, 1.165) is 6.54 Å². The number of aryl methyl sites for hydroxylation is 1. The van der Waals surface area contributed by atoms with Crippen LogP contribution in [-0.2, 0) is 11.3 Å². The van der Waals surface area contributed by atoms with Gasteiger partial charge in [-0.25, -0.2) is 0 Å². The fourth-order valence-electron chi connectivity index (χ4n) is 1.38. The quantitative estimate of drug-likeness (QED) is 0.777. The lowest BCUT2D eigenvalue weighted by Gasteiger charge is -2.13. The van der Waals surface area contributed by atoms with E-state index in [1.807, 2.05) is 19.1 Å². The van der Waals surface area contributed by atoms with Crippen molar-refractivity contribution in [1.82, 2.24) is 10.6 Å². The zero-order valence-corrected chi connectivity index (χ0v) is 9.50. The van der Waals surface area contributed by atoms with Gasteiger partial charge in [0, 0.05) is 13.6 Å². The summed E-state index contributed by atoms with van der Waals surface area (Å²) in [5.74, 6) is 0.0172. The predicted octanol–water partition coefficient (Wildman–Crippen LogP) is 1.22. The van der Waals surface area contributed by atoms with Gasteiger partial charge in [0.05, 0.1) is 6.04 Å². The largest absolute Gasteiger partial charge is 0.358 e. The monoisotopic (exact) mass is 206 g/mol. The molecular weight excluding hydrogens is 188 g/mol. The molecule has 82 valence electrons. The third-order valence-corrected chi connectivity index (χ3v) is 2.50. The van der Waals surface area contributed by atoms with Crippen molar-refractivity contribution in [3.8, 4) is 0 Å². The minimum absolute atomic E-state index is 0.0172. The Labute approximate surface area is 90.9 Å². The molecule has 0 aliphatic heterocycles. The molecule has 0 saturated heterocycles. The highest BCUT2D eigenvalue weighted by atomic mass is 16.2. The number of carbonyl (C=O) groups excluding carboxylic acids is 1. The van der Waals surface area contributed by atoms with Gasteiger partial charge in [0.25, 0.3) is 0 Å². The van der Waals surface area contributed by atoms with Crippen molar-refractivity contribution in [3.05, 3.63) is 35.4 Å². The summed E-state index contributed by atoms with van der Waals surface area (Å²) in [6.07, 6.45) is 0. The standard InChI is InChI=1S/C12H18N2O/c1-9-6-4-5-7-11(9)8-14-10(2)12(15)13-3/h4-7,10,14H,8H2,1-3H3,(H,13,15)/t10-/m1/s1. The molecule has 0 aromatic heterocycles. The zero-order valence-electron chi connectivity index (χ0n) is 9.50. The van der Waals surface area contributed by atoms with Crippen molar-refractivity contribution in [2.24, 2.45) is 0 Å². The molecule has 0 heterocycles. The summed E-state index contributed by atoms with van der Waals surface area (Å²) in [5.41, 5.74) is 2.47. The van der Waals surface area contributed by atoms with E-state index in [1.54, 1.807) is 7.05 Å². The zero-order chi connectivity index (χ0) is 11.3. The van der Waals surface area contributed by atoms with Crippen LogP contribution in [0.15, 0.2) is 24.3 Å². The highest BCUT2D eigenvalue weighted by Crippen LogP contribution is 2.06. The van der Waals surface area contributed by atoms with Gasteiger partial charge >= 0.3 is 0 Å². The molecule has 0 unspecified atom stereocenters. The van der Waals surface area contributed by atoms with Crippen LogP contribution in [0.5, 0.6) is 0 Å². The SMILES string of the molecule is CNC(=O)[C@@H](C)NCc1ccccc1C. The van der Waals surface area contributed by atoms with Crippen LogP contribution in [0.3, 0.4) is 0 Å². The first kappa shape index (κ1) is 11.7. The van der Waals surface area contributed by atoms with Crippen LogP contribution in [0.1, 0.15) is 18.1 Å². The Morgan fingerprint density at radius 2 is 2.07 bits per heavy atom. The molecule has 3 nitrogen and oxygen atoms in total. The van der Waals surface area contributed by atoms with Crippen LogP contribution in [-0.4, -0.2) is 19.0 Å². The van der Waals surface area contributed by atoms with Gasteiger partial charge in [0.1, 0.15) is 0 Å². The molecule has 0 fully saturated rings. The van der Waals surface area contributed by atoms with Crippen LogP contribution in [0.2, 0.25) is 0 Å². The van der Waals surface area contributed by atoms with Crippen molar-refractivity contribution in [2.75, 3.05) is 7.05 Å². The second-order valence-electron chi connectivity index (χ2n) is 3.64. The van der Waals surface area contributed by atoms with Crippen molar-refractivity contribution in [3.63, 3.8) is 0 Å². The Hall–Kier alpha value is -1.35. The van der Waals surface area contributed by atoms with Gasteiger partial charge in [-0.05, 0) is 25.0 Å². The predicted molar refractivity (Wildman–Crippen MR) is 61.5 cm³/mol. The van der Waals surface area contributed by atoms with Gasteiger partial charge in [-0.2, -0.15) is 0 Å². The number of likely N-dealkylation sites (N-methyl/N-ethyl adjacent to an activating group) is 1. The second kappa shape index (κ2) is 5.51. The molecule has 15 heavy (non-hydrogen) atoms. The lowest BCUT2D eigenvalue weighted by Crippen LogP contribution is -2.40. The Morgan fingerprint density at radius 3 is 2.67 bits per heavy atom. The number of carbonyl (C=O) groups is 1. The van der Waals surface area contributed by atoms with Gasteiger partial charge < -0.3 is 10.6 Å². The molecule has 1 aromatic carbocycles. The maximum absolute atomic E-state index is 11.2. The smallest absolute Gasteiger partial charge is 0.236 e. The molecule has 1 aromatic rings. The molecule has 1 amide bonds. The summed E-state index contributed by atoms with van der Waals surface area (Å²) in [5, 5.41) is 5.79. The summed E-state index contributed by atoms with van der Waals surface area (Å²) in [7, 11) is 1.65. The fourth-order valence-corrected chi connectivity index (χ4v) is 1.38. The van der Waals surface area contributed by atoms with E-state index in [4.69, 9.17) is 0 Å². The number of rotatable bonds is 4. The van der Waals surface area contributed by atoms with E-state index >= 15 is 0 Å². The molecule has 1 atom stereocenters. The van der Waals surface area contributed by atoms with Crippen LogP contribution in [0.4, 0.5) is 0 Å². The minimum Gasteiger partial charge on any atom is -0.358 e. The van der Waals surface area contributed by atoms with Gasteiger partial charge in [0.15, 0.2) is 0 Å². The Kier molecular flexibility index (Phi) is 4.31. The van der Waals surface area contributed by atoms with E-state index in [9.17, 15) is 4.79 Å². The van der Waals surface area contributed by atoms with Crippen molar-refractivity contribution in [1.29, 1.82) is 0 Å². The second-order valence-corrected chi connectivity index (χ2v) is 3.64. The summed E-state index contributed by atoms with van der Waals surface area (Å²) in [6, 6.07) is 8.00. The molecule has 0 saturated carbocycles. The van der Waals surface area contributed by atoms with Crippen molar-refractivity contribution in [2.45, 2.75) is 26.4 Å². The molecule has 0 bridgehead atoms. The Bertz CT molecular complexity index is 336. The number of nitrogens with one attached hydrogen (secondary N) is 2. The lowest BCUT2D eigenvalue weighted by atomic mass is 10.1. The van der Waals surface area contributed by atoms with E-state index in [-0.39, 0.29) is 11.9 Å². The summed E-state index contributed by atoms with van der Waals surface area (Å²) in [6.45, 7) is 4.65. The van der Waals surface area contributed by atoms with Gasteiger partial charge in [-0.1, -0.05) is 24.3 Å². The first-order valence-electron chi connectivity index (χ1n) is 5.14. The Balaban J connectivity index is 2.50. The van der Waals surface area contributed by atoms with Crippen LogP contribution < -0.4 is 10.6 Å². The number of hydrogen-bond acceptors (Lipinski definition) is 2. The van der Waals surface area contributed by atoms with Crippen LogP contribution in [0, 0.1) is 6.92 Å². The molecular formula is C12H18N2O. The van der Waals surface area contributed by atoms with E-state index in [2.05, 4.69) is 29.7 Å². The molecule has 2 N–H and O–H groups in total. The normalized spacial score (nSPS) is 12.2. The number of benzene rings is 1. The van der Waals surface area contributed by atoms with Crippen molar-refractivity contribution < 1.29 is 4.79 Å². The summed E-state index contributed by atoms with van der Waals surface area (Å²) < 4.78 is 0. The van der Waals surface area contributed by atoms with Crippen LogP contribution >= 0.6 is 0 Å². The minimum atomic E-state index is -0.158. The average Bonchev–Trinajstić information content (AvgIpc) is 2.26. The number of amides is 1. The summed E-state index contributed by atoms with van der Waals surface area (Å²) >= 11 is 0. The van der Waals surface area contributed by atoms with E-state index in [1.165, 1.54) is 11.1 Å². The molecule has 0 spiro atoms. The topological polar surface area (TPSA) is 41.1 Å². The Morgan fingerprint density at radius 1 is 1.40 bits per heavy atom. The molecule has 0 aliphatic rings. The summed E-state index contributed by atoms with van der Waals surface area (Å²) in [4.78, 5) is 11.2. The first-order valence-corrected chi connectivity index (χ1v) is 5.14. The molecule has 3 heteroatoms. The first-order chi connectivity index (χ1) is 7.15. The fraction of sp³-hybridized carbons (Fsp3) is 0.417. The lowest BCUT2D eigenvalue weighted by molar-refractivity contribution is -0.122. The molecule has 0 aliphatic carbocycles. The van der Waals surface area contributed by atoms with Crippen molar-refractivity contribution >= 4 is 5.91 Å². The third kappa shape index (κ3) is 3.36. The number of hydrogen-bond donors (Lipinski definition) is 2. The average molecular weight is 206 g/mol.